The van der Waals surface area contributed by atoms with E-state index in [0.717, 1.165) is 5.92 Å². The standard InChI is InChI=1S/C17H35N.CHF3O3S/c1-3-5-6-7-8-9-10-11-14-18-15-12-17(4-2)13-16-18;2-1(3,4)8(5,6)7/h17H,3-16H2,1-2H3;(H,5,6,7). The summed E-state index contributed by atoms with van der Waals surface area (Å²) in [6.45, 7) is 9.01. The Labute approximate surface area is 157 Å². The highest BCUT2D eigenvalue weighted by atomic mass is 32.2. The Morgan fingerprint density at radius 1 is 0.923 bits per heavy atom. The minimum Gasteiger partial charge on any atom is -0.741 e. The average Bonchev–Trinajstić information content (AvgIpc) is 2.56. The number of rotatable bonds is 10. The first-order valence-corrected chi connectivity index (χ1v) is 11.4. The predicted molar refractivity (Wildman–Crippen MR) is 96.9 cm³/mol. The fourth-order valence-electron chi connectivity index (χ4n) is 3.25. The van der Waals surface area contributed by atoms with Gasteiger partial charge in [-0.2, -0.15) is 13.2 Å². The molecule has 1 heterocycles. The third-order valence-corrected chi connectivity index (χ3v) is 5.62. The van der Waals surface area contributed by atoms with Crippen molar-refractivity contribution < 1.29 is 31.0 Å². The maximum Gasteiger partial charge on any atom is 0.485 e. The molecule has 0 aliphatic carbocycles. The van der Waals surface area contributed by atoms with Crippen molar-refractivity contribution in [2.75, 3.05) is 19.6 Å². The lowest BCUT2D eigenvalue weighted by atomic mass is 9.94. The van der Waals surface area contributed by atoms with E-state index < -0.39 is 15.6 Å². The van der Waals surface area contributed by atoms with Gasteiger partial charge in [-0.15, -0.1) is 0 Å². The molecule has 0 aromatic carbocycles. The maximum absolute atomic E-state index is 10.7. The van der Waals surface area contributed by atoms with Crippen molar-refractivity contribution in [3.8, 4) is 0 Å². The van der Waals surface area contributed by atoms with Crippen molar-refractivity contribution in [2.24, 2.45) is 5.92 Å². The lowest BCUT2D eigenvalue weighted by Crippen LogP contribution is -3.13. The van der Waals surface area contributed by atoms with E-state index in [0.29, 0.717) is 0 Å². The van der Waals surface area contributed by atoms with Crippen LogP contribution in [0.1, 0.15) is 84.5 Å². The van der Waals surface area contributed by atoms with Crippen LogP contribution < -0.4 is 4.90 Å². The highest BCUT2D eigenvalue weighted by Crippen LogP contribution is 2.20. The van der Waals surface area contributed by atoms with Crippen molar-refractivity contribution in [3.05, 3.63) is 0 Å². The Balaban J connectivity index is 0.000000660. The van der Waals surface area contributed by atoms with Crippen LogP contribution in [0.3, 0.4) is 0 Å². The summed E-state index contributed by atoms with van der Waals surface area (Å²) in [5, 5.41) is 0. The van der Waals surface area contributed by atoms with E-state index in [4.69, 9.17) is 13.0 Å². The van der Waals surface area contributed by atoms with Crippen molar-refractivity contribution in [1.29, 1.82) is 0 Å². The molecule has 0 aromatic rings. The van der Waals surface area contributed by atoms with Gasteiger partial charge in [-0.25, -0.2) is 8.42 Å². The molecule has 1 aliphatic rings. The van der Waals surface area contributed by atoms with Crippen LogP contribution in [0.25, 0.3) is 0 Å². The zero-order chi connectivity index (χ0) is 20.1. The SMILES string of the molecule is CCCCCCCCCC[NH+]1CCC(CC)CC1.O=S(=O)([O-])C(F)(F)F. The molecule has 0 atom stereocenters. The number of halogens is 3. The van der Waals surface area contributed by atoms with Crippen LogP contribution in [-0.2, 0) is 10.1 Å². The van der Waals surface area contributed by atoms with Gasteiger partial charge in [0.1, 0.15) is 0 Å². The minimum atomic E-state index is -6.09. The second-order valence-corrected chi connectivity index (χ2v) is 8.60. The number of nitrogens with one attached hydrogen (secondary N) is 1. The van der Waals surface area contributed by atoms with Crippen molar-refractivity contribution >= 4 is 10.1 Å². The summed E-state index contributed by atoms with van der Waals surface area (Å²) in [6.07, 6.45) is 16.0. The van der Waals surface area contributed by atoms with E-state index in [1.54, 1.807) is 0 Å². The summed E-state index contributed by atoms with van der Waals surface area (Å²) in [5.41, 5.74) is -5.65. The second-order valence-electron chi connectivity index (χ2n) is 7.23. The smallest absolute Gasteiger partial charge is 0.485 e. The number of alkyl halides is 3. The van der Waals surface area contributed by atoms with Crippen LogP contribution in [0.2, 0.25) is 0 Å². The first kappa shape index (κ1) is 25.7. The highest BCUT2D eigenvalue weighted by Gasteiger charge is 2.36. The molecule has 0 saturated carbocycles. The van der Waals surface area contributed by atoms with Crippen molar-refractivity contribution in [2.45, 2.75) is 90.0 Å². The summed E-state index contributed by atoms with van der Waals surface area (Å²) in [5.74, 6) is 1.05. The Kier molecular flexibility index (Phi) is 13.6. The van der Waals surface area contributed by atoms with Crippen LogP contribution >= 0.6 is 0 Å². The number of unbranched alkanes of at least 4 members (excludes halogenated alkanes) is 7. The van der Waals surface area contributed by atoms with Gasteiger partial charge in [0.15, 0.2) is 10.1 Å². The van der Waals surface area contributed by atoms with Crippen LogP contribution in [0.15, 0.2) is 0 Å². The zero-order valence-corrected chi connectivity index (χ0v) is 17.1. The van der Waals surface area contributed by atoms with E-state index in [1.807, 2.05) is 4.90 Å². The second kappa shape index (κ2) is 13.8. The summed E-state index contributed by atoms with van der Waals surface area (Å²) < 4.78 is 58.9. The van der Waals surface area contributed by atoms with E-state index in [9.17, 15) is 13.2 Å². The van der Waals surface area contributed by atoms with Crippen molar-refractivity contribution in [1.82, 2.24) is 0 Å². The first-order chi connectivity index (χ1) is 12.1. The molecule has 4 nitrogen and oxygen atoms in total. The molecule has 8 heteroatoms. The van der Waals surface area contributed by atoms with Gasteiger partial charge in [0.2, 0.25) is 0 Å². The van der Waals surface area contributed by atoms with Gasteiger partial charge in [-0.05, 0) is 31.6 Å². The average molecular weight is 404 g/mol. The minimum absolute atomic E-state index is 1.05. The quantitative estimate of drug-likeness (QED) is 0.342. The number of likely N-dealkylation sites (tertiary alicyclic amines) is 1. The molecule has 0 spiro atoms. The van der Waals surface area contributed by atoms with Crippen molar-refractivity contribution in [3.63, 3.8) is 0 Å². The molecular formula is C18H36F3NO3S. The van der Waals surface area contributed by atoms with Gasteiger partial charge in [-0.1, -0.05) is 58.8 Å². The Morgan fingerprint density at radius 2 is 1.35 bits per heavy atom. The molecule has 1 fully saturated rings. The lowest BCUT2D eigenvalue weighted by molar-refractivity contribution is -0.906. The molecule has 1 N–H and O–H groups in total. The molecule has 0 amide bonds. The highest BCUT2D eigenvalue weighted by molar-refractivity contribution is 7.86. The Hall–Kier alpha value is -0.340. The number of hydrogen-bond donors (Lipinski definition) is 1. The molecule has 158 valence electrons. The summed E-state index contributed by atoms with van der Waals surface area (Å²) in [4.78, 5) is 1.89. The maximum atomic E-state index is 10.7. The predicted octanol–water partition coefficient (Wildman–Crippen LogP) is 3.88. The number of piperidine rings is 1. The van der Waals surface area contributed by atoms with Crippen LogP contribution in [0.5, 0.6) is 0 Å². The largest absolute Gasteiger partial charge is 0.741 e. The van der Waals surface area contributed by atoms with Gasteiger partial charge >= 0.3 is 5.51 Å². The number of quaternary nitrogens is 1. The van der Waals surface area contributed by atoms with Gasteiger partial charge in [0.05, 0.1) is 19.6 Å². The van der Waals surface area contributed by atoms with Crippen LogP contribution in [0.4, 0.5) is 13.2 Å². The molecule has 0 aromatic heterocycles. The molecule has 1 aliphatic heterocycles. The summed E-state index contributed by atoms with van der Waals surface area (Å²) >= 11 is 0. The zero-order valence-electron chi connectivity index (χ0n) is 16.2. The molecule has 0 bridgehead atoms. The van der Waals surface area contributed by atoms with Gasteiger partial charge < -0.3 is 9.45 Å². The Morgan fingerprint density at radius 3 is 1.73 bits per heavy atom. The first-order valence-electron chi connectivity index (χ1n) is 9.97. The fourth-order valence-corrected chi connectivity index (χ4v) is 3.25. The fraction of sp³-hybridized carbons (Fsp3) is 1.00. The van der Waals surface area contributed by atoms with Crippen LogP contribution in [0, 0.1) is 5.92 Å². The molecule has 1 rings (SSSR count). The molecule has 0 radical (unpaired) electrons. The van der Waals surface area contributed by atoms with E-state index in [-0.39, 0.29) is 0 Å². The molecule has 1 saturated heterocycles. The van der Waals surface area contributed by atoms with E-state index in [1.165, 1.54) is 90.3 Å². The summed E-state index contributed by atoms with van der Waals surface area (Å²) in [7, 11) is -6.09. The van der Waals surface area contributed by atoms with Crippen LogP contribution in [-0.4, -0.2) is 38.1 Å². The monoisotopic (exact) mass is 403 g/mol. The third kappa shape index (κ3) is 12.9. The topological polar surface area (TPSA) is 61.6 Å². The number of hydrogen-bond acceptors (Lipinski definition) is 3. The van der Waals surface area contributed by atoms with E-state index >= 15 is 0 Å². The lowest BCUT2D eigenvalue weighted by Gasteiger charge is -2.28. The van der Waals surface area contributed by atoms with E-state index in [2.05, 4.69) is 13.8 Å². The van der Waals surface area contributed by atoms with Gasteiger partial charge in [-0.3, -0.25) is 0 Å². The Bertz CT molecular complexity index is 433. The molecular weight excluding hydrogens is 367 g/mol. The van der Waals surface area contributed by atoms with Gasteiger partial charge in [0.25, 0.3) is 0 Å². The summed E-state index contributed by atoms with van der Waals surface area (Å²) in [6, 6.07) is 0. The third-order valence-electron chi connectivity index (χ3n) is 5.06. The molecule has 0 unspecified atom stereocenters. The normalized spacial score (nSPS) is 21.2. The van der Waals surface area contributed by atoms with Gasteiger partial charge in [0, 0.05) is 0 Å². The molecule has 26 heavy (non-hydrogen) atoms.